The van der Waals surface area contributed by atoms with Crippen LogP contribution in [-0.2, 0) is 6.42 Å². The second-order valence-corrected chi connectivity index (χ2v) is 6.86. The molecule has 0 aliphatic heterocycles. The SMILES string of the molecule is CCCCOc1ccc(CCNC(=O)c2cccc(NC(=O)c3ccco3)c2)cc1. The molecule has 6 heteroatoms. The predicted molar refractivity (Wildman–Crippen MR) is 116 cm³/mol. The van der Waals surface area contributed by atoms with Crippen molar-refractivity contribution in [1.82, 2.24) is 5.32 Å². The van der Waals surface area contributed by atoms with Gasteiger partial charge >= 0.3 is 0 Å². The number of unbranched alkanes of at least 4 members (excludes halogenated alkanes) is 1. The average Bonchev–Trinajstić information content (AvgIpc) is 3.30. The van der Waals surface area contributed by atoms with E-state index in [0.717, 1.165) is 37.2 Å². The molecule has 3 rings (SSSR count). The molecule has 0 fully saturated rings. The van der Waals surface area contributed by atoms with Gasteiger partial charge in [-0.15, -0.1) is 0 Å². The second-order valence-electron chi connectivity index (χ2n) is 6.86. The zero-order valence-corrected chi connectivity index (χ0v) is 17.0. The van der Waals surface area contributed by atoms with Gasteiger partial charge in [0.25, 0.3) is 11.8 Å². The maximum atomic E-state index is 12.4. The summed E-state index contributed by atoms with van der Waals surface area (Å²) in [6.07, 6.45) is 4.31. The fourth-order valence-electron chi connectivity index (χ4n) is 2.85. The summed E-state index contributed by atoms with van der Waals surface area (Å²) in [7, 11) is 0. The molecule has 0 saturated heterocycles. The van der Waals surface area contributed by atoms with Crippen LogP contribution in [0.3, 0.4) is 0 Å². The van der Waals surface area contributed by atoms with Crippen LogP contribution in [-0.4, -0.2) is 25.0 Å². The summed E-state index contributed by atoms with van der Waals surface area (Å²) < 4.78 is 10.7. The van der Waals surface area contributed by atoms with Crippen molar-refractivity contribution in [2.24, 2.45) is 0 Å². The first-order valence-electron chi connectivity index (χ1n) is 10.1. The highest BCUT2D eigenvalue weighted by Crippen LogP contribution is 2.14. The number of anilines is 1. The molecule has 0 spiro atoms. The first-order chi connectivity index (χ1) is 14.7. The molecule has 0 unspecified atom stereocenters. The molecule has 156 valence electrons. The minimum absolute atomic E-state index is 0.191. The van der Waals surface area contributed by atoms with Gasteiger partial charge in [0.05, 0.1) is 12.9 Å². The fourth-order valence-corrected chi connectivity index (χ4v) is 2.85. The molecule has 3 aromatic rings. The Balaban J connectivity index is 1.47. The smallest absolute Gasteiger partial charge is 0.291 e. The van der Waals surface area contributed by atoms with E-state index < -0.39 is 0 Å². The molecular formula is C24H26N2O4. The zero-order chi connectivity index (χ0) is 21.2. The third-order valence-corrected chi connectivity index (χ3v) is 4.52. The Labute approximate surface area is 176 Å². The molecule has 1 heterocycles. The normalized spacial score (nSPS) is 10.4. The number of hydrogen-bond acceptors (Lipinski definition) is 4. The number of amides is 2. The Morgan fingerprint density at radius 3 is 2.57 bits per heavy atom. The largest absolute Gasteiger partial charge is 0.494 e. The van der Waals surface area contributed by atoms with Crippen LogP contribution >= 0.6 is 0 Å². The Hall–Kier alpha value is -3.54. The monoisotopic (exact) mass is 406 g/mol. The maximum Gasteiger partial charge on any atom is 0.291 e. The quantitative estimate of drug-likeness (QED) is 0.479. The number of furan rings is 1. The van der Waals surface area contributed by atoms with Gasteiger partial charge in [-0.3, -0.25) is 9.59 Å². The lowest BCUT2D eigenvalue weighted by Crippen LogP contribution is -2.25. The van der Waals surface area contributed by atoms with Gasteiger partial charge in [-0.05, 0) is 60.9 Å². The molecule has 0 radical (unpaired) electrons. The Morgan fingerprint density at radius 1 is 1.00 bits per heavy atom. The molecule has 0 saturated carbocycles. The second kappa shape index (κ2) is 10.9. The summed E-state index contributed by atoms with van der Waals surface area (Å²) in [5, 5.41) is 5.63. The van der Waals surface area contributed by atoms with Crippen molar-refractivity contribution >= 4 is 17.5 Å². The minimum atomic E-state index is -0.361. The van der Waals surface area contributed by atoms with E-state index in [9.17, 15) is 9.59 Å². The van der Waals surface area contributed by atoms with E-state index in [0.29, 0.717) is 17.8 Å². The molecule has 2 aromatic carbocycles. The van der Waals surface area contributed by atoms with Gasteiger partial charge in [-0.2, -0.15) is 0 Å². The van der Waals surface area contributed by atoms with Crippen LogP contribution in [0.5, 0.6) is 5.75 Å². The van der Waals surface area contributed by atoms with Gasteiger partial charge in [-0.25, -0.2) is 0 Å². The third-order valence-electron chi connectivity index (χ3n) is 4.52. The molecule has 0 atom stereocenters. The topological polar surface area (TPSA) is 80.6 Å². The summed E-state index contributed by atoms with van der Waals surface area (Å²) in [5.74, 6) is 0.527. The number of hydrogen-bond donors (Lipinski definition) is 2. The first kappa shape index (κ1) is 21.2. The van der Waals surface area contributed by atoms with Crippen LogP contribution in [0.1, 0.15) is 46.2 Å². The molecule has 1 aromatic heterocycles. The third kappa shape index (κ3) is 6.24. The lowest BCUT2D eigenvalue weighted by Gasteiger charge is -2.09. The van der Waals surface area contributed by atoms with Crippen molar-refractivity contribution in [3.8, 4) is 5.75 Å². The van der Waals surface area contributed by atoms with E-state index in [-0.39, 0.29) is 17.6 Å². The van der Waals surface area contributed by atoms with Crippen molar-refractivity contribution < 1.29 is 18.7 Å². The van der Waals surface area contributed by atoms with E-state index >= 15 is 0 Å². The first-order valence-corrected chi connectivity index (χ1v) is 10.1. The summed E-state index contributed by atoms with van der Waals surface area (Å²) in [6, 6.07) is 18.0. The Bertz CT molecular complexity index is 950. The number of nitrogens with one attached hydrogen (secondary N) is 2. The number of carbonyl (C=O) groups excluding carboxylic acids is 2. The lowest BCUT2D eigenvalue weighted by molar-refractivity contribution is 0.0952. The van der Waals surface area contributed by atoms with Gasteiger partial charge in [-0.1, -0.05) is 31.5 Å². The lowest BCUT2D eigenvalue weighted by atomic mass is 10.1. The average molecular weight is 406 g/mol. The van der Waals surface area contributed by atoms with E-state index in [1.165, 1.54) is 6.26 Å². The highest BCUT2D eigenvalue weighted by molar-refractivity contribution is 6.03. The van der Waals surface area contributed by atoms with Crippen LogP contribution in [0.15, 0.2) is 71.3 Å². The van der Waals surface area contributed by atoms with E-state index in [4.69, 9.17) is 9.15 Å². The highest BCUT2D eigenvalue weighted by atomic mass is 16.5. The minimum Gasteiger partial charge on any atom is -0.494 e. The van der Waals surface area contributed by atoms with Crippen molar-refractivity contribution in [2.75, 3.05) is 18.5 Å². The number of ether oxygens (including phenoxy) is 1. The molecule has 6 nitrogen and oxygen atoms in total. The predicted octanol–water partition coefficient (Wildman–Crippen LogP) is 4.68. The van der Waals surface area contributed by atoms with Gasteiger partial charge in [0, 0.05) is 17.8 Å². The van der Waals surface area contributed by atoms with Gasteiger partial charge < -0.3 is 19.8 Å². The molecule has 0 bridgehead atoms. The maximum absolute atomic E-state index is 12.4. The fraction of sp³-hybridized carbons (Fsp3) is 0.250. The van der Waals surface area contributed by atoms with Crippen LogP contribution in [0.4, 0.5) is 5.69 Å². The van der Waals surface area contributed by atoms with Crippen LogP contribution in [0.25, 0.3) is 0 Å². The van der Waals surface area contributed by atoms with Crippen LogP contribution in [0.2, 0.25) is 0 Å². The summed E-state index contributed by atoms with van der Waals surface area (Å²) in [4.78, 5) is 24.5. The van der Waals surface area contributed by atoms with Gasteiger partial charge in [0.1, 0.15) is 5.75 Å². The standard InChI is InChI=1S/C24H26N2O4/c1-2-3-15-29-21-11-9-18(10-12-21)13-14-25-23(27)19-6-4-7-20(17-19)26-24(28)22-8-5-16-30-22/h4-12,16-17H,2-3,13-15H2,1H3,(H,25,27)(H,26,28). The molecular weight excluding hydrogens is 380 g/mol. The number of rotatable bonds is 10. The molecule has 2 N–H and O–H groups in total. The highest BCUT2D eigenvalue weighted by Gasteiger charge is 2.11. The molecule has 0 aliphatic rings. The zero-order valence-electron chi connectivity index (χ0n) is 17.0. The van der Waals surface area contributed by atoms with Crippen molar-refractivity contribution in [3.63, 3.8) is 0 Å². The number of carbonyl (C=O) groups is 2. The van der Waals surface area contributed by atoms with Crippen LogP contribution < -0.4 is 15.4 Å². The molecule has 0 aliphatic carbocycles. The van der Waals surface area contributed by atoms with Crippen molar-refractivity contribution in [1.29, 1.82) is 0 Å². The Morgan fingerprint density at radius 2 is 1.83 bits per heavy atom. The van der Waals surface area contributed by atoms with Crippen LogP contribution in [0, 0.1) is 0 Å². The van der Waals surface area contributed by atoms with E-state index in [2.05, 4.69) is 17.6 Å². The van der Waals surface area contributed by atoms with Gasteiger partial charge in [0.15, 0.2) is 5.76 Å². The summed E-state index contributed by atoms with van der Waals surface area (Å²) in [5.41, 5.74) is 2.13. The van der Waals surface area contributed by atoms with E-state index in [1.54, 1.807) is 36.4 Å². The van der Waals surface area contributed by atoms with Crippen molar-refractivity contribution in [2.45, 2.75) is 26.2 Å². The van der Waals surface area contributed by atoms with Gasteiger partial charge in [0.2, 0.25) is 0 Å². The van der Waals surface area contributed by atoms with Crippen molar-refractivity contribution in [3.05, 3.63) is 83.8 Å². The molecule has 30 heavy (non-hydrogen) atoms. The number of benzene rings is 2. The Kier molecular flexibility index (Phi) is 7.66. The summed E-state index contributed by atoms with van der Waals surface area (Å²) >= 11 is 0. The van der Waals surface area contributed by atoms with E-state index in [1.807, 2.05) is 24.3 Å². The summed E-state index contributed by atoms with van der Waals surface area (Å²) in [6.45, 7) is 3.37. The molecule has 2 amide bonds.